The van der Waals surface area contributed by atoms with Crippen LogP contribution in [0.1, 0.15) is 33.6 Å². The van der Waals surface area contributed by atoms with E-state index in [0.717, 1.165) is 39.1 Å². The predicted molar refractivity (Wildman–Crippen MR) is 72.8 cm³/mol. The van der Waals surface area contributed by atoms with E-state index in [4.69, 9.17) is 9.47 Å². The molecular formula is C14H29NO3. The lowest BCUT2D eigenvalue weighted by atomic mass is 10.1. The zero-order valence-corrected chi connectivity index (χ0v) is 12.1. The van der Waals surface area contributed by atoms with Crippen LogP contribution >= 0.6 is 0 Å². The van der Waals surface area contributed by atoms with Gasteiger partial charge < -0.3 is 19.5 Å². The Labute approximate surface area is 111 Å². The zero-order valence-electron chi connectivity index (χ0n) is 12.1. The van der Waals surface area contributed by atoms with Crippen LogP contribution in [0.3, 0.4) is 0 Å². The van der Waals surface area contributed by atoms with Crippen LogP contribution in [-0.4, -0.2) is 61.7 Å². The van der Waals surface area contributed by atoms with Crippen LogP contribution in [-0.2, 0) is 9.47 Å². The molecular weight excluding hydrogens is 230 g/mol. The SMILES string of the molecule is CCOC[C@H](O)CN1CCC(OCC(C)C)CC1. The van der Waals surface area contributed by atoms with Crippen LogP contribution in [0.25, 0.3) is 0 Å². The van der Waals surface area contributed by atoms with Gasteiger partial charge in [-0.1, -0.05) is 13.8 Å². The monoisotopic (exact) mass is 259 g/mol. The highest BCUT2D eigenvalue weighted by Gasteiger charge is 2.21. The highest BCUT2D eigenvalue weighted by atomic mass is 16.5. The lowest BCUT2D eigenvalue weighted by Crippen LogP contribution is -2.42. The van der Waals surface area contributed by atoms with Gasteiger partial charge in [-0.2, -0.15) is 0 Å². The van der Waals surface area contributed by atoms with E-state index in [1.54, 1.807) is 0 Å². The summed E-state index contributed by atoms with van der Waals surface area (Å²) < 4.78 is 11.1. The van der Waals surface area contributed by atoms with Crippen molar-refractivity contribution < 1.29 is 14.6 Å². The summed E-state index contributed by atoms with van der Waals surface area (Å²) in [5.41, 5.74) is 0. The zero-order chi connectivity index (χ0) is 13.4. The summed E-state index contributed by atoms with van der Waals surface area (Å²) in [5, 5.41) is 9.78. The second-order valence-electron chi connectivity index (χ2n) is 5.54. The molecule has 0 spiro atoms. The highest BCUT2D eigenvalue weighted by molar-refractivity contribution is 4.74. The fourth-order valence-electron chi connectivity index (χ4n) is 2.19. The molecule has 0 radical (unpaired) electrons. The summed E-state index contributed by atoms with van der Waals surface area (Å²) in [6, 6.07) is 0. The largest absolute Gasteiger partial charge is 0.389 e. The van der Waals surface area contributed by atoms with Crippen LogP contribution in [0.15, 0.2) is 0 Å². The average Bonchev–Trinajstić information content (AvgIpc) is 2.35. The van der Waals surface area contributed by atoms with Crippen LogP contribution < -0.4 is 0 Å². The molecule has 1 saturated heterocycles. The van der Waals surface area contributed by atoms with Gasteiger partial charge in [0.25, 0.3) is 0 Å². The van der Waals surface area contributed by atoms with Crippen molar-refractivity contribution in [3.63, 3.8) is 0 Å². The van der Waals surface area contributed by atoms with Gasteiger partial charge in [-0.25, -0.2) is 0 Å². The number of hydrogen-bond donors (Lipinski definition) is 1. The number of likely N-dealkylation sites (tertiary alicyclic amines) is 1. The number of aliphatic hydroxyl groups is 1. The number of nitrogens with zero attached hydrogens (tertiary/aromatic N) is 1. The van der Waals surface area contributed by atoms with Crippen molar-refractivity contribution >= 4 is 0 Å². The first-order chi connectivity index (χ1) is 8.61. The number of piperidine rings is 1. The number of rotatable bonds is 8. The molecule has 1 aliphatic heterocycles. The molecule has 1 rings (SSSR count). The van der Waals surface area contributed by atoms with Crippen LogP contribution in [0.5, 0.6) is 0 Å². The summed E-state index contributed by atoms with van der Waals surface area (Å²) in [7, 11) is 0. The molecule has 0 aromatic rings. The van der Waals surface area contributed by atoms with Crippen molar-refractivity contribution in [2.45, 2.75) is 45.8 Å². The van der Waals surface area contributed by atoms with Gasteiger partial charge in [-0.05, 0) is 25.7 Å². The molecule has 1 heterocycles. The normalized spacial score (nSPS) is 20.5. The topological polar surface area (TPSA) is 41.9 Å². The van der Waals surface area contributed by atoms with E-state index in [1.165, 1.54) is 0 Å². The molecule has 0 saturated carbocycles. The Morgan fingerprint density at radius 2 is 1.89 bits per heavy atom. The van der Waals surface area contributed by atoms with Crippen LogP contribution in [0, 0.1) is 5.92 Å². The van der Waals surface area contributed by atoms with Crippen molar-refractivity contribution in [3.8, 4) is 0 Å². The van der Waals surface area contributed by atoms with E-state index in [9.17, 15) is 5.11 Å². The van der Waals surface area contributed by atoms with Crippen molar-refractivity contribution in [1.29, 1.82) is 0 Å². The summed E-state index contributed by atoms with van der Waals surface area (Å²) in [4.78, 5) is 2.30. The highest BCUT2D eigenvalue weighted by Crippen LogP contribution is 2.15. The van der Waals surface area contributed by atoms with E-state index < -0.39 is 0 Å². The first-order valence-electron chi connectivity index (χ1n) is 7.21. The third-order valence-electron chi connectivity index (χ3n) is 3.18. The fourth-order valence-corrected chi connectivity index (χ4v) is 2.19. The van der Waals surface area contributed by atoms with Crippen LogP contribution in [0.4, 0.5) is 0 Å². The molecule has 0 amide bonds. The minimum Gasteiger partial charge on any atom is -0.389 e. The molecule has 0 bridgehead atoms. The summed E-state index contributed by atoms with van der Waals surface area (Å²) in [5.74, 6) is 0.607. The van der Waals surface area contributed by atoms with Crippen LogP contribution in [0.2, 0.25) is 0 Å². The Morgan fingerprint density at radius 1 is 1.22 bits per heavy atom. The van der Waals surface area contributed by atoms with Gasteiger partial charge in [0.1, 0.15) is 0 Å². The van der Waals surface area contributed by atoms with E-state index in [-0.39, 0.29) is 6.10 Å². The van der Waals surface area contributed by atoms with E-state index in [2.05, 4.69) is 18.7 Å². The summed E-state index contributed by atoms with van der Waals surface area (Å²) in [6.45, 7) is 11.0. The van der Waals surface area contributed by atoms with Gasteiger partial charge in [0.2, 0.25) is 0 Å². The Hall–Kier alpha value is -0.160. The van der Waals surface area contributed by atoms with Gasteiger partial charge in [0.05, 0.1) is 18.8 Å². The molecule has 1 N–H and O–H groups in total. The molecule has 108 valence electrons. The fraction of sp³-hybridized carbons (Fsp3) is 1.00. The van der Waals surface area contributed by atoms with E-state index in [1.807, 2.05) is 6.92 Å². The van der Waals surface area contributed by atoms with Crippen molar-refractivity contribution in [2.75, 3.05) is 39.5 Å². The lowest BCUT2D eigenvalue weighted by Gasteiger charge is -2.33. The van der Waals surface area contributed by atoms with Gasteiger partial charge in [-0.3, -0.25) is 0 Å². The second kappa shape index (κ2) is 8.86. The van der Waals surface area contributed by atoms with Crippen molar-refractivity contribution in [1.82, 2.24) is 4.90 Å². The summed E-state index contributed by atoms with van der Waals surface area (Å²) >= 11 is 0. The maximum Gasteiger partial charge on any atom is 0.0900 e. The molecule has 4 heteroatoms. The minimum atomic E-state index is -0.363. The molecule has 18 heavy (non-hydrogen) atoms. The van der Waals surface area contributed by atoms with Crippen molar-refractivity contribution in [2.24, 2.45) is 5.92 Å². The third kappa shape index (κ3) is 6.69. The molecule has 0 aromatic heterocycles. The number of ether oxygens (including phenoxy) is 2. The molecule has 4 nitrogen and oxygen atoms in total. The van der Waals surface area contributed by atoms with E-state index in [0.29, 0.717) is 25.2 Å². The average molecular weight is 259 g/mol. The van der Waals surface area contributed by atoms with Gasteiger partial charge in [-0.15, -0.1) is 0 Å². The van der Waals surface area contributed by atoms with E-state index >= 15 is 0 Å². The maximum atomic E-state index is 9.78. The molecule has 0 aromatic carbocycles. The quantitative estimate of drug-likeness (QED) is 0.717. The lowest BCUT2D eigenvalue weighted by molar-refractivity contribution is -0.0227. The Balaban J connectivity index is 2.11. The Bertz CT molecular complexity index is 203. The second-order valence-corrected chi connectivity index (χ2v) is 5.54. The molecule has 1 fully saturated rings. The standard InChI is InChI=1S/C14H29NO3/c1-4-17-11-13(16)9-15-7-5-14(6-8-15)18-10-12(2)3/h12-14,16H,4-11H2,1-3H3/t13-/m1/s1. The Morgan fingerprint density at radius 3 is 2.44 bits per heavy atom. The van der Waals surface area contributed by atoms with Gasteiger partial charge >= 0.3 is 0 Å². The first-order valence-corrected chi connectivity index (χ1v) is 7.21. The smallest absolute Gasteiger partial charge is 0.0900 e. The first kappa shape index (κ1) is 15.9. The molecule has 0 aliphatic carbocycles. The van der Waals surface area contributed by atoms with Crippen molar-refractivity contribution in [3.05, 3.63) is 0 Å². The third-order valence-corrected chi connectivity index (χ3v) is 3.18. The number of β-amino-alcohol motifs (C(OH)–C–C–N with tert-alkyl or cyclic N) is 1. The van der Waals surface area contributed by atoms with Gasteiger partial charge in [0.15, 0.2) is 0 Å². The molecule has 1 aliphatic rings. The minimum absolute atomic E-state index is 0.363. The Kier molecular flexibility index (Phi) is 7.82. The number of aliphatic hydroxyl groups excluding tert-OH is 1. The summed E-state index contributed by atoms with van der Waals surface area (Å²) in [6.07, 6.45) is 2.20. The molecule has 0 unspecified atom stereocenters. The predicted octanol–water partition coefficient (Wildman–Crippen LogP) is 1.52. The maximum absolute atomic E-state index is 9.78. The number of hydrogen-bond acceptors (Lipinski definition) is 4. The van der Waals surface area contributed by atoms with Gasteiger partial charge in [0, 0.05) is 32.8 Å². The molecule has 1 atom stereocenters.